The van der Waals surface area contributed by atoms with E-state index in [0.29, 0.717) is 0 Å². The van der Waals surface area contributed by atoms with Crippen molar-refractivity contribution in [2.75, 3.05) is 0 Å². The molecule has 0 radical (unpaired) electrons. The first kappa shape index (κ1) is 17.8. The Balaban J connectivity index is 1.39. The van der Waals surface area contributed by atoms with Gasteiger partial charge < -0.3 is 0 Å². The largest absolute Gasteiger partial charge is 0.291 e. The van der Waals surface area contributed by atoms with Crippen molar-refractivity contribution in [2.45, 2.75) is 12.8 Å². The molecule has 162 valence electrons. The minimum absolute atomic E-state index is 0.916. The van der Waals surface area contributed by atoms with E-state index in [4.69, 9.17) is 9.97 Å². The molecule has 4 heterocycles. The molecule has 0 atom stereocenters. The summed E-state index contributed by atoms with van der Waals surface area (Å²) in [7, 11) is 0. The van der Waals surface area contributed by atoms with Crippen molar-refractivity contribution in [1.82, 2.24) is 19.4 Å². The Morgan fingerprint density at radius 2 is 1.54 bits per heavy atom. The fraction of sp³-hybridized carbons (Fsp3) is 0.0645. The average molecular weight is 447 g/mol. The number of fused-ring (bicyclic) bond motifs is 16. The molecule has 0 fully saturated rings. The van der Waals surface area contributed by atoms with Gasteiger partial charge in [0.2, 0.25) is 0 Å². The van der Waals surface area contributed by atoms with Gasteiger partial charge in [0.05, 0.1) is 22.1 Å². The Morgan fingerprint density at radius 1 is 0.629 bits per heavy atom. The van der Waals surface area contributed by atoms with Crippen LogP contribution in [0.25, 0.3) is 60.7 Å². The van der Waals surface area contributed by atoms with Gasteiger partial charge in [0.1, 0.15) is 5.65 Å². The molecule has 2 aliphatic rings. The predicted molar refractivity (Wildman–Crippen MR) is 140 cm³/mol. The van der Waals surface area contributed by atoms with Crippen LogP contribution in [-0.4, -0.2) is 19.4 Å². The molecular weight excluding hydrogens is 428 g/mol. The molecule has 2 aliphatic carbocycles. The lowest BCUT2D eigenvalue weighted by atomic mass is 9.95. The zero-order valence-electron chi connectivity index (χ0n) is 18.8. The molecule has 3 aromatic carbocycles. The summed E-state index contributed by atoms with van der Waals surface area (Å²) in [6.07, 6.45) is 7.56. The Hall–Kier alpha value is -4.57. The van der Waals surface area contributed by atoms with Gasteiger partial charge in [-0.15, -0.1) is 0 Å². The minimum Gasteiger partial charge on any atom is -0.291 e. The number of hydrogen-bond donors (Lipinski definition) is 0. The van der Waals surface area contributed by atoms with Gasteiger partial charge in [-0.1, -0.05) is 42.5 Å². The van der Waals surface area contributed by atoms with E-state index in [-0.39, 0.29) is 0 Å². The van der Waals surface area contributed by atoms with Gasteiger partial charge in [-0.05, 0) is 75.2 Å². The standard InChI is InChI=1S/C31H18N4/c1-2-5-19-17(4-1)14-18-7-8-20-21-9-10-27-30(24(21)15-23(20)28(18)19)34-31-22-6-3-12-33-29(22)25-16-32-13-11-26(25)35(27)31/h1-13,16H,14-15H2. The fourth-order valence-corrected chi connectivity index (χ4v) is 6.54. The number of pyridine rings is 3. The summed E-state index contributed by atoms with van der Waals surface area (Å²) in [4.78, 5) is 14.4. The highest BCUT2D eigenvalue weighted by molar-refractivity contribution is 6.12. The Kier molecular flexibility index (Phi) is 3.11. The van der Waals surface area contributed by atoms with E-state index in [0.717, 1.165) is 51.3 Å². The molecule has 0 aliphatic heterocycles. The Labute approximate surface area is 200 Å². The van der Waals surface area contributed by atoms with Crippen LogP contribution in [0.15, 0.2) is 85.3 Å². The third-order valence-corrected chi connectivity index (χ3v) is 7.99. The Bertz CT molecular complexity index is 2070. The van der Waals surface area contributed by atoms with Gasteiger partial charge in [0.25, 0.3) is 0 Å². The molecule has 0 amide bonds. The second kappa shape index (κ2) is 6.10. The van der Waals surface area contributed by atoms with Crippen LogP contribution in [0.5, 0.6) is 0 Å². The third kappa shape index (κ3) is 2.11. The summed E-state index contributed by atoms with van der Waals surface area (Å²) in [6.45, 7) is 0. The lowest BCUT2D eigenvalue weighted by Gasteiger charge is -2.09. The number of nitrogens with zero attached hydrogens (tertiary/aromatic N) is 4. The number of benzene rings is 3. The van der Waals surface area contributed by atoms with Crippen LogP contribution in [0.4, 0.5) is 0 Å². The third-order valence-electron chi connectivity index (χ3n) is 7.99. The molecule has 0 unspecified atom stereocenters. The van der Waals surface area contributed by atoms with Crippen LogP contribution in [0.1, 0.15) is 22.3 Å². The SMILES string of the molecule is c1ccc2c(c1)Cc1ccc3c(c1-2)Cc1c-3ccc2c1nc1c3cccnc3c3cnccc3n21. The van der Waals surface area contributed by atoms with E-state index in [1.54, 1.807) is 0 Å². The van der Waals surface area contributed by atoms with Crippen molar-refractivity contribution in [2.24, 2.45) is 0 Å². The van der Waals surface area contributed by atoms with E-state index in [1.807, 2.05) is 24.7 Å². The van der Waals surface area contributed by atoms with Crippen molar-refractivity contribution in [3.8, 4) is 22.3 Å². The molecule has 0 saturated carbocycles. The highest BCUT2D eigenvalue weighted by atomic mass is 15.0. The normalized spacial score (nSPS) is 13.5. The predicted octanol–water partition coefficient (Wildman–Crippen LogP) is 6.73. The second-order valence-corrected chi connectivity index (χ2v) is 9.66. The van der Waals surface area contributed by atoms with Crippen molar-refractivity contribution >= 4 is 38.5 Å². The monoisotopic (exact) mass is 446 g/mol. The molecule has 4 nitrogen and oxygen atoms in total. The molecule has 7 aromatic rings. The number of imidazole rings is 1. The first-order valence-corrected chi connectivity index (χ1v) is 12.0. The van der Waals surface area contributed by atoms with Gasteiger partial charge in [-0.25, -0.2) is 4.98 Å². The smallest absolute Gasteiger partial charge is 0.147 e. The van der Waals surface area contributed by atoms with Gasteiger partial charge in [-0.3, -0.25) is 14.4 Å². The quantitative estimate of drug-likeness (QED) is 0.243. The minimum atomic E-state index is 0.916. The van der Waals surface area contributed by atoms with Crippen LogP contribution in [0.3, 0.4) is 0 Å². The molecule has 4 aromatic heterocycles. The lowest BCUT2D eigenvalue weighted by Crippen LogP contribution is -1.93. The van der Waals surface area contributed by atoms with E-state index in [1.165, 1.54) is 44.5 Å². The molecule has 0 spiro atoms. The number of aromatic nitrogens is 4. The van der Waals surface area contributed by atoms with E-state index in [2.05, 4.69) is 70.0 Å². The molecule has 35 heavy (non-hydrogen) atoms. The zero-order chi connectivity index (χ0) is 22.7. The van der Waals surface area contributed by atoms with Crippen LogP contribution in [0, 0.1) is 0 Å². The van der Waals surface area contributed by atoms with Gasteiger partial charge in [-0.2, -0.15) is 0 Å². The first-order chi connectivity index (χ1) is 17.4. The van der Waals surface area contributed by atoms with E-state index in [9.17, 15) is 0 Å². The maximum absolute atomic E-state index is 5.29. The van der Waals surface area contributed by atoms with Gasteiger partial charge in [0, 0.05) is 35.8 Å². The molecule has 0 saturated heterocycles. The second-order valence-electron chi connectivity index (χ2n) is 9.66. The highest BCUT2D eigenvalue weighted by Crippen LogP contribution is 2.49. The summed E-state index contributed by atoms with van der Waals surface area (Å²) in [5, 5.41) is 2.11. The summed E-state index contributed by atoms with van der Waals surface area (Å²) in [6, 6.07) is 24.2. The molecule has 0 bridgehead atoms. The van der Waals surface area contributed by atoms with Crippen LogP contribution < -0.4 is 0 Å². The van der Waals surface area contributed by atoms with Crippen LogP contribution >= 0.6 is 0 Å². The maximum atomic E-state index is 5.29. The zero-order valence-corrected chi connectivity index (χ0v) is 18.8. The summed E-state index contributed by atoms with van der Waals surface area (Å²) in [5.74, 6) is 0. The van der Waals surface area contributed by atoms with E-state index >= 15 is 0 Å². The van der Waals surface area contributed by atoms with Crippen molar-refractivity contribution in [3.05, 3.63) is 108 Å². The number of hydrogen-bond acceptors (Lipinski definition) is 3. The Morgan fingerprint density at radius 3 is 2.54 bits per heavy atom. The summed E-state index contributed by atoms with van der Waals surface area (Å²) in [5.41, 5.74) is 16.4. The van der Waals surface area contributed by atoms with Crippen molar-refractivity contribution in [3.63, 3.8) is 0 Å². The molecular formula is C31H18N4. The number of rotatable bonds is 0. The lowest BCUT2D eigenvalue weighted by molar-refractivity contribution is 1.24. The molecule has 0 N–H and O–H groups in total. The van der Waals surface area contributed by atoms with Crippen molar-refractivity contribution in [1.29, 1.82) is 0 Å². The van der Waals surface area contributed by atoms with Gasteiger partial charge >= 0.3 is 0 Å². The summed E-state index contributed by atoms with van der Waals surface area (Å²) >= 11 is 0. The maximum Gasteiger partial charge on any atom is 0.147 e. The molecule has 9 rings (SSSR count). The fourth-order valence-electron chi connectivity index (χ4n) is 6.54. The topological polar surface area (TPSA) is 43.1 Å². The van der Waals surface area contributed by atoms with Gasteiger partial charge in [0.15, 0.2) is 0 Å². The van der Waals surface area contributed by atoms with Crippen molar-refractivity contribution < 1.29 is 0 Å². The van der Waals surface area contributed by atoms with E-state index < -0.39 is 0 Å². The first-order valence-electron chi connectivity index (χ1n) is 12.0. The highest BCUT2D eigenvalue weighted by Gasteiger charge is 2.30. The average Bonchev–Trinajstić information content (AvgIpc) is 3.59. The van der Waals surface area contributed by atoms with Crippen LogP contribution in [0.2, 0.25) is 0 Å². The van der Waals surface area contributed by atoms with Crippen LogP contribution in [-0.2, 0) is 12.8 Å². The molecule has 4 heteroatoms. The summed E-state index contributed by atoms with van der Waals surface area (Å²) < 4.78 is 2.29.